The van der Waals surface area contributed by atoms with Crippen molar-refractivity contribution in [2.24, 2.45) is 22.0 Å². The van der Waals surface area contributed by atoms with E-state index in [0.717, 1.165) is 19.3 Å². The molecule has 1 saturated carbocycles. The first-order valence-corrected chi connectivity index (χ1v) is 5.96. The molecule has 0 bridgehead atoms. The van der Waals surface area contributed by atoms with Crippen LogP contribution < -0.4 is 11.5 Å². The van der Waals surface area contributed by atoms with Crippen LogP contribution in [0, 0.1) is 5.41 Å². The van der Waals surface area contributed by atoms with Gasteiger partial charge in [0.15, 0.2) is 5.84 Å². The summed E-state index contributed by atoms with van der Waals surface area (Å²) in [5, 5.41) is 11.9. The Labute approximate surface area is 106 Å². The molecule has 102 valence electrons. The van der Waals surface area contributed by atoms with Gasteiger partial charge in [-0.15, -0.1) is 0 Å². The van der Waals surface area contributed by atoms with Crippen LogP contribution in [-0.2, 0) is 9.59 Å². The quantitative estimate of drug-likeness (QED) is 0.275. The molecule has 1 aliphatic rings. The summed E-state index contributed by atoms with van der Waals surface area (Å²) in [6.45, 7) is -0.167. The Morgan fingerprint density at radius 3 is 2.28 bits per heavy atom. The summed E-state index contributed by atoms with van der Waals surface area (Å²) in [4.78, 5) is 24.5. The number of likely N-dealkylation sites (N-methyl/N-ethyl adjacent to an activating group) is 1. The molecule has 0 unspecified atom stereocenters. The van der Waals surface area contributed by atoms with E-state index in [0.29, 0.717) is 12.8 Å². The van der Waals surface area contributed by atoms with Crippen molar-refractivity contribution in [1.29, 1.82) is 0 Å². The van der Waals surface area contributed by atoms with Gasteiger partial charge in [0.05, 0.1) is 6.54 Å². The number of nitrogens with zero attached hydrogens (tertiary/aromatic N) is 2. The molecule has 0 aliphatic heterocycles. The van der Waals surface area contributed by atoms with Gasteiger partial charge in [-0.3, -0.25) is 9.59 Å². The average molecular weight is 256 g/mol. The van der Waals surface area contributed by atoms with Crippen molar-refractivity contribution in [2.45, 2.75) is 32.1 Å². The van der Waals surface area contributed by atoms with E-state index < -0.39 is 11.3 Å². The molecule has 0 spiro atoms. The number of amidine groups is 1. The Morgan fingerprint density at radius 2 is 1.83 bits per heavy atom. The molecule has 0 aromatic carbocycles. The third-order valence-electron chi connectivity index (χ3n) is 3.45. The molecule has 0 heterocycles. The number of primary amides is 1. The monoisotopic (exact) mass is 256 g/mol. The normalized spacial score (nSPS) is 19.3. The Kier molecular flexibility index (Phi) is 4.52. The molecule has 7 heteroatoms. The van der Waals surface area contributed by atoms with Crippen molar-refractivity contribution < 1.29 is 14.8 Å². The van der Waals surface area contributed by atoms with E-state index in [1.807, 2.05) is 0 Å². The number of amides is 2. The lowest BCUT2D eigenvalue weighted by atomic mass is 9.72. The van der Waals surface area contributed by atoms with Gasteiger partial charge in [-0.2, -0.15) is 0 Å². The van der Waals surface area contributed by atoms with Crippen LogP contribution in [0.5, 0.6) is 0 Å². The zero-order valence-corrected chi connectivity index (χ0v) is 10.6. The second-order valence-electron chi connectivity index (χ2n) is 4.76. The maximum absolute atomic E-state index is 12.4. The minimum absolute atomic E-state index is 0.0801. The first kappa shape index (κ1) is 14.3. The summed E-state index contributed by atoms with van der Waals surface area (Å²) in [6.07, 6.45) is 3.77. The van der Waals surface area contributed by atoms with Crippen LogP contribution >= 0.6 is 0 Å². The number of hydrogen-bond acceptors (Lipinski definition) is 4. The number of oxime groups is 1. The summed E-state index contributed by atoms with van der Waals surface area (Å²) in [5.74, 6) is -0.976. The van der Waals surface area contributed by atoms with Crippen molar-refractivity contribution in [2.75, 3.05) is 13.6 Å². The SMILES string of the molecule is CN(CC(N)=O)C(=O)C1(C(N)=NO)CCCCC1. The van der Waals surface area contributed by atoms with Gasteiger partial charge in [-0.05, 0) is 12.8 Å². The summed E-state index contributed by atoms with van der Waals surface area (Å²) >= 11 is 0. The summed E-state index contributed by atoms with van der Waals surface area (Å²) in [7, 11) is 1.49. The highest BCUT2D eigenvalue weighted by Crippen LogP contribution is 2.38. The lowest BCUT2D eigenvalue weighted by molar-refractivity contribution is -0.141. The van der Waals surface area contributed by atoms with E-state index in [9.17, 15) is 9.59 Å². The van der Waals surface area contributed by atoms with E-state index in [1.54, 1.807) is 0 Å². The largest absolute Gasteiger partial charge is 0.409 e. The van der Waals surface area contributed by atoms with E-state index >= 15 is 0 Å². The lowest BCUT2D eigenvalue weighted by Gasteiger charge is -2.37. The number of carbonyl (C=O) groups is 2. The molecule has 7 nitrogen and oxygen atoms in total. The predicted octanol–water partition coefficient (Wildman–Crippen LogP) is -0.373. The fraction of sp³-hybridized carbons (Fsp3) is 0.727. The molecule has 0 aromatic rings. The van der Waals surface area contributed by atoms with Gasteiger partial charge in [0.25, 0.3) is 0 Å². The molecule has 0 radical (unpaired) electrons. The minimum atomic E-state index is -0.989. The van der Waals surface area contributed by atoms with Crippen molar-refractivity contribution in [3.05, 3.63) is 0 Å². The van der Waals surface area contributed by atoms with Crippen molar-refractivity contribution >= 4 is 17.6 Å². The van der Waals surface area contributed by atoms with Gasteiger partial charge in [0.2, 0.25) is 11.8 Å². The van der Waals surface area contributed by atoms with E-state index in [-0.39, 0.29) is 18.3 Å². The third kappa shape index (κ3) is 2.72. The average Bonchev–Trinajstić information content (AvgIpc) is 2.36. The van der Waals surface area contributed by atoms with Gasteiger partial charge >= 0.3 is 0 Å². The molecular weight excluding hydrogens is 236 g/mol. The summed E-state index contributed by atoms with van der Waals surface area (Å²) < 4.78 is 0. The number of hydrogen-bond donors (Lipinski definition) is 3. The maximum Gasteiger partial charge on any atom is 0.237 e. The van der Waals surface area contributed by atoms with Crippen molar-refractivity contribution in [3.63, 3.8) is 0 Å². The van der Waals surface area contributed by atoms with Crippen LogP contribution in [0.4, 0.5) is 0 Å². The summed E-state index contributed by atoms with van der Waals surface area (Å²) in [5.41, 5.74) is 9.77. The minimum Gasteiger partial charge on any atom is -0.409 e. The molecule has 1 rings (SSSR count). The smallest absolute Gasteiger partial charge is 0.237 e. The first-order chi connectivity index (χ1) is 8.44. The fourth-order valence-corrected chi connectivity index (χ4v) is 2.50. The number of nitrogens with two attached hydrogens (primary N) is 2. The molecule has 18 heavy (non-hydrogen) atoms. The maximum atomic E-state index is 12.4. The Hall–Kier alpha value is -1.79. The van der Waals surface area contributed by atoms with E-state index in [1.165, 1.54) is 11.9 Å². The highest BCUT2D eigenvalue weighted by molar-refractivity contribution is 6.07. The Balaban J connectivity index is 2.96. The van der Waals surface area contributed by atoms with Gasteiger partial charge in [0.1, 0.15) is 5.41 Å². The van der Waals surface area contributed by atoms with Crippen LogP contribution in [0.2, 0.25) is 0 Å². The highest BCUT2D eigenvalue weighted by Gasteiger charge is 2.45. The van der Waals surface area contributed by atoms with Crippen molar-refractivity contribution in [1.82, 2.24) is 4.90 Å². The first-order valence-electron chi connectivity index (χ1n) is 5.96. The van der Waals surface area contributed by atoms with Gasteiger partial charge in [-0.1, -0.05) is 24.4 Å². The van der Waals surface area contributed by atoms with Gasteiger partial charge in [0, 0.05) is 7.05 Å². The molecule has 1 fully saturated rings. The zero-order chi connectivity index (χ0) is 13.8. The molecule has 2 amide bonds. The van der Waals surface area contributed by atoms with Gasteiger partial charge < -0.3 is 21.6 Å². The molecule has 0 saturated heterocycles. The van der Waals surface area contributed by atoms with Crippen LogP contribution in [0.25, 0.3) is 0 Å². The van der Waals surface area contributed by atoms with E-state index in [4.69, 9.17) is 16.7 Å². The van der Waals surface area contributed by atoms with Crippen molar-refractivity contribution in [3.8, 4) is 0 Å². The molecular formula is C11H20N4O3. The lowest BCUT2D eigenvalue weighted by Crippen LogP contribution is -2.52. The molecule has 1 aliphatic carbocycles. The third-order valence-corrected chi connectivity index (χ3v) is 3.45. The molecule has 5 N–H and O–H groups in total. The van der Waals surface area contributed by atoms with Crippen LogP contribution in [0.3, 0.4) is 0 Å². The Morgan fingerprint density at radius 1 is 1.28 bits per heavy atom. The van der Waals surface area contributed by atoms with Crippen LogP contribution in [0.15, 0.2) is 5.16 Å². The number of carbonyl (C=O) groups excluding carboxylic acids is 2. The zero-order valence-electron chi connectivity index (χ0n) is 10.6. The van der Waals surface area contributed by atoms with Crippen LogP contribution in [-0.4, -0.2) is 41.3 Å². The second-order valence-corrected chi connectivity index (χ2v) is 4.76. The second kappa shape index (κ2) is 5.70. The fourth-order valence-electron chi connectivity index (χ4n) is 2.50. The Bertz CT molecular complexity index is 361. The standard InChI is InChI=1S/C11H20N4O3/c1-15(7-8(12)16)10(17)11(9(13)14-18)5-3-2-4-6-11/h18H,2-7H2,1H3,(H2,12,16)(H2,13,14). The summed E-state index contributed by atoms with van der Waals surface area (Å²) in [6, 6.07) is 0. The molecule has 0 aromatic heterocycles. The predicted molar refractivity (Wildman–Crippen MR) is 65.8 cm³/mol. The topological polar surface area (TPSA) is 122 Å². The van der Waals surface area contributed by atoms with E-state index in [2.05, 4.69) is 5.16 Å². The highest BCUT2D eigenvalue weighted by atomic mass is 16.4. The van der Waals surface area contributed by atoms with Gasteiger partial charge in [-0.25, -0.2) is 0 Å². The molecule has 0 atom stereocenters. The number of rotatable bonds is 4. The van der Waals surface area contributed by atoms with Crippen LogP contribution in [0.1, 0.15) is 32.1 Å².